The van der Waals surface area contributed by atoms with E-state index in [-0.39, 0.29) is 41.6 Å². The van der Waals surface area contributed by atoms with Gasteiger partial charge in [-0.15, -0.1) is 6.42 Å². The number of hydrogen-bond donors (Lipinski definition) is 1. The van der Waals surface area contributed by atoms with Gasteiger partial charge in [-0.1, -0.05) is 39.7 Å². The van der Waals surface area contributed by atoms with Gasteiger partial charge in [0.25, 0.3) is 5.91 Å². The molecule has 15 heteroatoms. The average molecular weight is 773 g/mol. The topological polar surface area (TPSA) is 129 Å². The van der Waals surface area contributed by atoms with E-state index in [2.05, 4.69) is 48.3 Å². The van der Waals surface area contributed by atoms with Gasteiger partial charge in [0.15, 0.2) is 12.4 Å². The van der Waals surface area contributed by atoms with Crippen molar-refractivity contribution in [2.75, 3.05) is 44.6 Å². The molecule has 4 aromatic rings. The summed E-state index contributed by atoms with van der Waals surface area (Å²) in [6, 6.07) is 15.3. The van der Waals surface area contributed by atoms with Crippen molar-refractivity contribution in [3.05, 3.63) is 76.6 Å². The number of carbonyl (C=O) groups is 2. The van der Waals surface area contributed by atoms with Crippen molar-refractivity contribution < 1.29 is 37.8 Å². The van der Waals surface area contributed by atoms with Crippen LogP contribution in [-0.4, -0.2) is 66.1 Å². The van der Waals surface area contributed by atoms with Crippen molar-refractivity contribution in [2.45, 2.75) is 65.2 Å². The Kier molecular flexibility index (Phi) is 11.0. The molecule has 3 aliphatic rings. The van der Waals surface area contributed by atoms with Crippen LogP contribution in [0.15, 0.2) is 59.6 Å². The zero-order valence-electron chi connectivity index (χ0n) is 32.2. The third-order valence-corrected chi connectivity index (χ3v) is 10.3. The van der Waals surface area contributed by atoms with E-state index in [1.54, 1.807) is 31.4 Å². The molecule has 1 unspecified atom stereocenters. The van der Waals surface area contributed by atoms with Crippen molar-refractivity contribution in [1.29, 1.82) is 0 Å². The SMILES string of the molecule is C#CCN1C(=O)COc2cc(F)c(N=c3snc4n3CC(C)(C)C4)cc21.CON(C)C(=O)Nc1ccc(Oc2ccc3c(c2)OC(C)(OC)CC3(C)C)cc1. The van der Waals surface area contributed by atoms with Crippen LogP contribution in [0.2, 0.25) is 0 Å². The summed E-state index contributed by atoms with van der Waals surface area (Å²) in [5.74, 6) is 4.31. The maximum Gasteiger partial charge on any atom is 0.345 e. The van der Waals surface area contributed by atoms with Gasteiger partial charge in [-0.25, -0.2) is 19.2 Å². The number of ether oxygens (including phenoxy) is 4. The minimum absolute atomic E-state index is 0.0773. The highest BCUT2D eigenvalue weighted by Crippen LogP contribution is 2.46. The Morgan fingerprint density at radius 3 is 2.51 bits per heavy atom. The van der Waals surface area contributed by atoms with E-state index in [0.29, 0.717) is 33.4 Å². The number of carbonyl (C=O) groups excluding carboxylic acids is 2. The Morgan fingerprint density at radius 1 is 1.09 bits per heavy atom. The van der Waals surface area contributed by atoms with Gasteiger partial charge in [0.2, 0.25) is 10.6 Å². The quantitative estimate of drug-likeness (QED) is 0.155. The molecule has 0 fully saturated rings. The van der Waals surface area contributed by atoms with E-state index < -0.39 is 11.6 Å². The zero-order valence-corrected chi connectivity index (χ0v) is 33.0. The summed E-state index contributed by atoms with van der Waals surface area (Å²) in [6.45, 7) is 11.4. The molecule has 1 atom stereocenters. The summed E-state index contributed by atoms with van der Waals surface area (Å²) in [4.78, 5) is 35.2. The largest absolute Gasteiger partial charge is 0.481 e. The second-order valence-electron chi connectivity index (χ2n) is 15.1. The van der Waals surface area contributed by atoms with E-state index in [9.17, 15) is 14.0 Å². The lowest BCUT2D eigenvalue weighted by Crippen LogP contribution is -2.45. The molecule has 0 bridgehead atoms. The van der Waals surface area contributed by atoms with E-state index in [1.807, 2.05) is 29.7 Å². The molecule has 3 aliphatic heterocycles. The van der Waals surface area contributed by atoms with Gasteiger partial charge in [0, 0.05) is 75.4 Å². The zero-order chi connectivity index (χ0) is 39.7. The fourth-order valence-corrected chi connectivity index (χ4v) is 7.52. The molecule has 290 valence electrons. The van der Waals surface area contributed by atoms with Gasteiger partial charge in [0.05, 0.1) is 19.3 Å². The number of hydrogen-bond acceptors (Lipinski definition) is 10. The third kappa shape index (κ3) is 8.62. The second kappa shape index (κ2) is 15.4. The lowest BCUT2D eigenvalue weighted by atomic mass is 9.76. The molecule has 4 heterocycles. The number of urea groups is 1. The molecule has 3 amide bonds. The molecule has 0 spiro atoms. The maximum atomic E-state index is 14.5. The Morgan fingerprint density at radius 2 is 1.82 bits per heavy atom. The lowest BCUT2D eigenvalue weighted by molar-refractivity contribution is -0.172. The number of rotatable bonds is 7. The predicted octanol–water partition coefficient (Wildman–Crippen LogP) is 7.18. The highest BCUT2D eigenvalue weighted by Gasteiger charge is 2.42. The molecule has 1 aromatic heterocycles. The van der Waals surface area contributed by atoms with Gasteiger partial charge < -0.3 is 28.8 Å². The van der Waals surface area contributed by atoms with E-state index in [4.69, 9.17) is 30.2 Å². The number of amides is 3. The third-order valence-electron chi connectivity index (χ3n) is 9.54. The minimum Gasteiger partial charge on any atom is -0.481 e. The van der Waals surface area contributed by atoms with E-state index >= 15 is 0 Å². The first-order valence-corrected chi connectivity index (χ1v) is 18.4. The first-order chi connectivity index (χ1) is 26.0. The van der Waals surface area contributed by atoms with Crippen molar-refractivity contribution in [3.8, 4) is 35.3 Å². The number of fused-ring (bicyclic) bond motifs is 3. The monoisotopic (exact) mass is 772 g/mol. The number of hydroxylamine groups is 2. The molecule has 1 N–H and O–H groups in total. The number of nitrogens with zero attached hydrogens (tertiary/aromatic N) is 5. The first-order valence-electron chi connectivity index (χ1n) is 17.6. The Balaban J connectivity index is 0.000000188. The summed E-state index contributed by atoms with van der Waals surface area (Å²) >= 11 is 1.24. The summed E-state index contributed by atoms with van der Waals surface area (Å²) in [5, 5.41) is 3.83. The fraction of sp³-hybridized carbons (Fsp3) is 0.400. The molecule has 55 heavy (non-hydrogen) atoms. The molecule has 0 saturated carbocycles. The molecule has 3 aromatic carbocycles. The van der Waals surface area contributed by atoms with Gasteiger partial charge >= 0.3 is 6.03 Å². The lowest BCUT2D eigenvalue weighted by Gasteiger charge is -2.43. The Bertz CT molecular complexity index is 2210. The summed E-state index contributed by atoms with van der Waals surface area (Å²) in [7, 11) is 4.61. The van der Waals surface area contributed by atoms with Crippen LogP contribution >= 0.6 is 11.5 Å². The van der Waals surface area contributed by atoms with Crippen molar-refractivity contribution in [2.24, 2.45) is 10.4 Å². The standard InChI is InChI=1S/C22H28N2O5.C18H17FN4O2S/c1-21(2)14-22(3,26-5)29-19-13-17(11-12-18(19)21)28-16-9-7-15(8-10-16)23-20(25)24(4)27-6;1-4-5-22-13-7-12(11(19)6-14(13)25-9-16(22)24)20-17-23-10-18(2,3)8-15(23)21-26-17/h7-13H,14H2,1-6H3,(H,23,25);1,6-7H,5,8-10H2,2-3H3. The minimum atomic E-state index is -0.676. The van der Waals surface area contributed by atoms with Crippen LogP contribution in [0.25, 0.3) is 0 Å². The molecule has 13 nitrogen and oxygen atoms in total. The van der Waals surface area contributed by atoms with E-state index in [0.717, 1.165) is 41.6 Å². The summed E-state index contributed by atoms with van der Waals surface area (Å²) in [6.07, 6.45) is 6.98. The van der Waals surface area contributed by atoms with Crippen molar-refractivity contribution in [1.82, 2.24) is 14.0 Å². The number of benzene rings is 3. The fourth-order valence-electron chi connectivity index (χ4n) is 6.76. The van der Waals surface area contributed by atoms with Gasteiger partial charge in [-0.3, -0.25) is 14.5 Å². The Labute approximate surface area is 323 Å². The number of methoxy groups -OCH3 is 1. The highest BCUT2D eigenvalue weighted by molar-refractivity contribution is 7.02. The van der Waals surface area contributed by atoms with Crippen LogP contribution in [-0.2, 0) is 32.7 Å². The first kappa shape index (κ1) is 39.3. The number of terminal acetylenes is 1. The highest BCUT2D eigenvalue weighted by atomic mass is 32.1. The molecule has 0 saturated heterocycles. The van der Waals surface area contributed by atoms with Crippen LogP contribution in [0, 0.1) is 23.6 Å². The van der Waals surface area contributed by atoms with Crippen molar-refractivity contribution >= 4 is 40.5 Å². The van der Waals surface area contributed by atoms with Gasteiger partial charge in [-0.2, -0.15) is 4.37 Å². The molecular formula is C40H45FN6O7S. The molecule has 0 aliphatic carbocycles. The summed E-state index contributed by atoms with van der Waals surface area (Å²) < 4.78 is 44.0. The molecule has 0 radical (unpaired) electrons. The van der Waals surface area contributed by atoms with Crippen LogP contribution < -0.4 is 29.2 Å². The van der Waals surface area contributed by atoms with Crippen molar-refractivity contribution in [3.63, 3.8) is 0 Å². The van der Waals surface area contributed by atoms with E-state index in [1.165, 1.54) is 42.7 Å². The van der Waals surface area contributed by atoms with Gasteiger partial charge in [-0.05, 0) is 47.2 Å². The van der Waals surface area contributed by atoms with Gasteiger partial charge in [0.1, 0.15) is 34.5 Å². The predicted molar refractivity (Wildman–Crippen MR) is 206 cm³/mol. The number of nitrogens with one attached hydrogen (secondary N) is 1. The smallest absolute Gasteiger partial charge is 0.345 e. The Hall–Kier alpha value is -5.43. The van der Waals surface area contributed by atoms with Crippen LogP contribution in [0.4, 0.5) is 26.2 Å². The number of aromatic nitrogens is 2. The molecular weight excluding hydrogens is 728 g/mol. The number of anilines is 2. The average Bonchev–Trinajstić information content (AvgIpc) is 3.64. The van der Waals surface area contributed by atoms with Crippen LogP contribution in [0.1, 0.15) is 52.4 Å². The maximum absolute atomic E-state index is 14.5. The van der Waals surface area contributed by atoms with Crippen LogP contribution in [0.5, 0.6) is 23.0 Å². The molecule has 7 rings (SSSR count). The number of halogens is 1. The summed E-state index contributed by atoms with van der Waals surface area (Å²) in [5.41, 5.74) is 2.36. The van der Waals surface area contributed by atoms with Crippen LogP contribution in [0.3, 0.4) is 0 Å². The normalized spacial score (nSPS) is 19.0. The second-order valence-corrected chi connectivity index (χ2v) is 15.8.